The highest BCUT2D eigenvalue weighted by molar-refractivity contribution is 5.79. The molecule has 114 valence electrons. The summed E-state index contributed by atoms with van der Waals surface area (Å²) < 4.78 is 7.15. The predicted octanol–water partition coefficient (Wildman–Crippen LogP) is 2.79. The summed E-state index contributed by atoms with van der Waals surface area (Å²) >= 11 is 0. The molecular weight excluding hydrogens is 264 g/mol. The van der Waals surface area contributed by atoms with Crippen molar-refractivity contribution in [3.8, 4) is 0 Å². The second-order valence-electron chi connectivity index (χ2n) is 6.20. The molecule has 2 aliphatic carbocycles. The molecule has 0 atom stereocenters. The molecule has 0 radical (unpaired) electrons. The van der Waals surface area contributed by atoms with Gasteiger partial charge in [-0.2, -0.15) is 0 Å². The summed E-state index contributed by atoms with van der Waals surface area (Å²) in [5.41, 5.74) is 0.768. The van der Waals surface area contributed by atoms with Crippen LogP contribution in [-0.4, -0.2) is 29.7 Å². The number of rotatable bonds is 5. The summed E-state index contributed by atoms with van der Waals surface area (Å²) in [6, 6.07) is 6.11. The van der Waals surface area contributed by atoms with Gasteiger partial charge in [-0.05, 0) is 43.7 Å². The van der Waals surface area contributed by atoms with Crippen molar-refractivity contribution in [3.63, 3.8) is 0 Å². The third-order valence-electron chi connectivity index (χ3n) is 4.27. The minimum Gasteiger partial charge on any atom is -0.371 e. The highest BCUT2D eigenvalue weighted by Gasteiger charge is 2.21. The molecule has 4 nitrogen and oxygen atoms in total. The summed E-state index contributed by atoms with van der Waals surface area (Å²) in [5, 5.41) is 0. The fourth-order valence-electron chi connectivity index (χ4n) is 2.81. The first-order valence-corrected chi connectivity index (χ1v) is 8.15. The van der Waals surface area contributed by atoms with E-state index in [1.807, 2.05) is 18.2 Å². The van der Waals surface area contributed by atoms with E-state index in [1.54, 1.807) is 10.8 Å². The van der Waals surface area contributed by atoms with Crippen LogP contribution in [0.3, 0.4) is 0 Å². The lowest BCUT2D eigenvalue weighted by atomic mass is 9.96. The normalized spacial score (nSPS) is 20.7. The largest absolute Gasteiger partial charge is 0.371 e. The molecule has 0 saturated heterocycles. The van der Waals surface area contributed by atoms with Crippen LogP contribution in [0.4, 0.5) is 0 Å². The molecule has 0 aromatic carbocycles. The van der Waals surface area contributed by atoms with Gasteiger partial charge in [-0.1, -0.05) is 25.3 Å². The number of nitrogens with zero attached hydrogens (tertiary/aromatic N) is 2. The van der Waals surface area contributed by atoms with Crippen molar-refractivity contribution < 1.29 is 9.53 Å². The number of pyridine rings is 1. The predicted molar refractivity (Wildman–Crippen MR) is 81.0 cm³/mol. The zero-order valence-electron chi connectivity index (χ0n) is 12.5. The smallest absolute Gasteiger partial charge is 0.258 e. The van der Waals surface area contributed by atoms with Gasteiger partial charge in [0.05, 0.1) is 12.6 Å². The van der Waals surface area contributed by atoms with Crippen molar-refractivity contribution in [2.45, 2.75) is 51.0 Å². The zero-order valence-corrected chi connectivity index (χ0v) is 12.5. The van der Waals surface area contributed by atoms with Crippen LogP contribution in [0.2, 0.25) is 0 Å². The first-order valence-electron chi connectivity index (χ1n) is 8.15. The number of carbonyl (C=O) groups is 1. The van der Waals surface area contributed by atoms with E-state index in [4.69, 9.17) is 9.73 Å². The number of hydrogen-bond donors (Lipinski definition) is 0. The van der Waals surface area contributed by atoms with Crippen LogP contribution in [0.25, 0.3) is 0 Å². The summed E-state index contributed by atoms with van der Waals surface area (Å²) in [4.78, 5) is 17.1. The molecule has 0 spiro atoms. The lowest BCUT2D eigenvalue weighted by Gasteiger charge is -2.17. The Bertz CT molecular complexity index is 540. The molecule has 1 aromatic rings. The molecule has 0 unspecified atom stereocenters. The minimum absolute atomic E-state index is 0.0224. The molecule has 0 N–H and O–H groups in total. The van der Waals surface area contributed by atoms with E-state index < -0.39 is 0 Å². The van der Waals surface area contributed by atoms with Crippen LogP contribution in [0, 0.1) is 5.92 Å². The minimum atomic E-state index is -0.0224. The first kappa shape index (κ1) is 14.5. The molecule has 1 aromatic heterocycles. The molecule has 2 aliphatic rings. The standard InChI is InChI=1S/C17H24N2O2/c20-17(13-21-12-14-9-10-14)19-11-5-4-8-16(19)18-15-6-2-1-3-7-15/h4-5,8,11,14-15H,1-3,6-7,9-10,12-13H2. The van der Waals surface area contributed by atoms with Crippen molar-refractivity contribution in [1.82, 2.24) is 4.57 Å². The van der Waals surface area contributed by atoms with Gasteiger partial charge >= 0.3 is 0 Å². The van der Waals surface area contributed by atoms with E-state index in [1.165, 1.54) is 32.1 Å². The van der Waals surface area contributed by atoms with Gasteiger partial charge in [0.1, 0.15) is 12.1 Å². The Kier molecular flexibility index (Phi) is 4.86. The average molecular weight is 288 g/mol. The van der Waals surface area contributed by atoms with Crippen molar-refractivity contribution in [2.75, 3.05) is 13.2 Å². The van der Waals surface area contributed by atoms with Crippen molar-refractivity contribution >= 4 is 5.91 Å². The monoisotopic (exact) mass is 288 g/mol. The molecule has 21 heavy (non-hydrogen) atoms. The van der Waals surface area contributed by atoms with Crippen molar-refractivity contribution in [3.05, 3.63) is 29.9 Å². The van der Waals surface area contributed by atoms with Crippen LogP contribution in [0.1, 0.15) is 49.7 Å². The van der Waals surface area contributed by atoms with Gasteiger partial charge in [-0.25, -0.2) is 0 Å². The SMILES string of the molecule is O=C(COCC1CC1)n1ccccc1=NC1CCCCC1. The highest BCUT2D eigenvalue weighted by Crippen LogP contribution is 2.28. The molecule has 0 bridgehead atoms. The molecule has 0 aliphatic heterocycles. The first-order chi connectivity index (χ1) is 10.3. The Hall–Kier alpha value is -1.42. The van der Waals surface area contributed by atoms with E-state index >= 15 is 0 Å². The lowest BCUT2D eigenvalue weighted by molar-refractivity contribution is 0.0651. The third-order valence-corrected chi connectivity index (χ3v) is 4.27. The Morgan fingerprint density at radius 3 is 2.76 bits per heavy atom. The summed E-state index contributed by atoms with van der Waals surface area (Å²) in [7, 11) is 0. The maximum atomic E-state index is 12.3. The Balaban J connectivity index is 1.68. The fourth-order valence-corrected chi connectivity index (χ4v) is 2.81. The second-order valence-corrected chi connectivity index (χ2v) is 6.20. The van der Waals surface area contributed by atoms with Gasteiger partial charge in [0.15, 0.2) is 0 Å². The Morgan fingerprint density at radius 2 is 2.00 bits per heavy atom. The van der Waals surface area contributed by atoms with E-state index in [2.05, 4.69) is 0 Å². The molecule has 3 rings (SSSR count). The van der Waals surface area contributed by atoms with E-state index in [0.29, 0.717) is 18.6 Å². The third kappa shape index (κ3) is 4.27. The highest BCUT2D eigenvalue weighted by atomic mass is 16.5. The van der Waals surface area contributed by atoms with E-state index in [0.717, 1.165) is 18.3 Å². The molecule has 0 amide bonds. The van der Waals surface area contributed by atoms with E-state index in [9.17, 15) is 4.79 Å². The lowest BCUT2D eigenvalue weighted by Crippen LogP contribution is -2.31. The van der Waals surface area contributed by atoms with Crippen molar-refractivity contribution in [2.24, 2.45) is 10.9 Å². The fraction of sp³-hybridized carbons (Fsp3) is 0.647. The number of carbonyl (C=O) groups excluding carboxylic acids is 1. The maximum absolute atomic E-state index is 12.3. The van der Waals surface area contributed by atoms with Crippen LogP contribution in [0.5, 0.6) is 0 Å². The second kappa shape index (κ2) is 7.03. The van der Waals surface area contributed by atoms with Gasteiger partial charge in [0.2, 0.25) is 0 Å². The Labute approximate surface area is 125 Å². The van der Waals surface area contributed by atoms with Gasteiger partial charge < -0.3 is 4.74 Å². The molecule has 4 heteroatoms. The number of aromatic nitrogens is 1. The van der Waals surface area contributed by atoms with Gasteiger partial charge in [0.25, 0.3) is 5.91 Å². The number of ether oxygens (including phenoxy) is 1. The summed E-state index contributed by atoms with van der Waals surface area (Å²) in [6.07, 6.45) is 10.4. The molecular formula is C17H24N2O2. The molecule has 2 fully saturated rings. The van der Waals surface area contributed by atoms with Gasteiger partial charge in [-0.15, -0.1) is 0 Å². The summed E-state index contributed by atoms with van der Waals surface area (Å²) in [5.74, 6) is 0.663. The average Bonchev–Trinajstić information content (AvgIpc) is 3.33. The van der Waals surface area contributed by atoms with Crippen LogP contribution in [0.15, 0.2) is 29.4 Å². The van der Waals surface area contributed by atoms with E-state index in [-0.39, 0.29) is 12.5 Å². The van der Waals surface area contributed by atoms with Crippen LogP contribution in [-0.2, 0) is 4.74 Å². The molecule has 1 heterocycles. The number of hydrogen-bond acceptors (Lipinski definition) is 3. The topological polar surface area (TPSA) is 43.6 Å². The van der Waals surface area contributed by atoms with Gasteiger partial charge in [-0.3, -0.25) is 14.4 Å². The van der Waals surface area contributed by atoms with Crippen LogP contribution < -0.4 is 5.49 Å². The summed E-state index contributed by atoms with van der Waals surface area (Å²) in [6.45, 7) is 0.868. The Morgan fingerprint density at radius 1 is 1.19 bits per heavy atom. The quantitative estimate of drug-likeness (QED) is 0.836. The molecule has 2 saturated carbocycles. The van der Waals surface area contributed by atoms with Crippen molar-refractivity contribution in [1.29, 1.82) is 0 Å². The van der Waals surface area contributed by atoms with Gasteiger partial charge in [0, 0.05) is 6.20 Å². The maximum Gasteiger partial charge on any atom is 0.258 e. The van der Waals surface area contributed by atoms with Crippen LogP contribution >= 0.6 is 0 Å². The zero-order chi connectivity index (χ0) is 14.5.